The fourth-order valence-electron chi connectivity index (χ4n) is 1.82. The Labute approximate surface area is 76.2 Å². The van der Waals surface area contributed by atoms with E-state index < -0.39 is 0 Å². The molecule has 0 amide bonds. The van der Waals surface area contributed by atoms with Crippen molar-refractivity contribution in [3.63, 3.8) is 0 Å². The second kappa shape index (κ2) is 2.57. The molecule has 3 rings (SSSR count). The molecular formula is C10H11N3. The number of hydrogen-bond acceptors (Lipinski definition) is 2. The van der Waals surface area contributed by atoms with Crippen LogP contribution in [0, 0.1) is 0 Å². The second-order valence-corrected chi connectivity index (χ2v) is 3.44. The number of pyridine rings is 1. The van der Waals surface area contributed by atoms with Crippen LogP contribution in [0.3, 0.4) is 0 Å². The van der Waals surface area contributed by atoms with Crippen LogP contribution in [-0.2, 0) is 0 Å². The number of hydrogen-bond donors (Lipinski definition) is 2. The summed E-state index contributed by atoms with van der Waals surface area (Å²) in [5, 5.41) is 4.64. The smallest absolute Gasteiger partial charge is 0.137 e. The van der Waals surface area contributed by atoms with Gasteiger partial charge in [-0.3, -0.25) is 0 Å². The standard InChI is InChI=1S/C10H11N3/c1-2-7-8(9-3-5-11-9)6-13-10(7)12-4-1/h1-2,4,6,9,11H,3,5H2,(H,12,13). The van der Waals surface area contributed by atoms with Crippen LogP contribution in [0.1, 0.15) is 18.0 Å². The molecule has 1 fully saturated rings. The van der Waals surface area contributed by atoms with Crippen molar-refractivity contribution in [1.29, 1.82) is 0 Å². The summed E-state index contributed by atoms with van der Waals surface area (Å²) in [5.41, 5.74) is 2.35. The molecule has 0 bridgehead atoms. The molecule has 2 aromatic rings. The van der Waals surface area contributed by atoms with Gasteiger partial charge in [-0.2, -0.15) is 0 Å². The lowest BCUT2D eigenvalue weighted by Gasteiger charge is -2.27. The topological polar surface area (TPSA) is 40.7 Å². The predicted molar refractivity (Wildman–Crippen MR) is 51.5 cm³/mol. The van der Waals surface area contributed by atoms with Gasteiger partial charge in [-0.25, -0.2) is 4.98 Å². The molecule has 66 valence electrons. The van der Waals surface area contributed by atoms with Crippen molar-refractivity contribution in [3.8, 4) is 0 Å². The van der Waals surface area contributed by atoms with Crippen LogP contribution < -0.4 is 5.32 Å². The molecule has 0 aromatic carbocycles. The Morgan fingerprint density at radius 1 is 1.46 bits per heavy atom. The lowest BCUT2D eigenvalue weighted by molar-refractivity contribution is 0.385. The summed E-state index contributed by atoms with van der Waals surface area (Å²) in [4.78, 5) is 7.45. The molecular weight excluding hydrogens is 162 g/mol. The summed E-state index contributed by atoms with van der Waals surface area (Å²) in [6.07, 6.45) is 5.12. The fraction of sp³-hybridized carbons (Fsp3) is 0.300. The van der Waals surface area contributed by atoms with Gasteiger partial charge < -0.3 is 10.3 Å². The summed E-state index contributed by atoms with van der Waals surface area (Å²) >= 11 is 0. The molecule has 1 atom stereocenters. The van der Waals surface area contributed by atoms with Gasteiger partial charge in [-0.1, -0.05) is 0 Å². The van der Waals surface area contributed by atoms with Crippen LogP contribution in [0.5, 0.6) is 0 Å². The number of nitrogens with zero attached hydrogens (tertiary/aromatic N) is 1. The zero-order valence-corrected chi connectivity index (χ0v) is 7.25. The lowest BCUT2D eigenvalue weighted by atomic mass is 9.98. The third kappa shape index (κ3) is 0.971. The van der Waals surface area contributed by atoms with Crippen LogP contribution in [0.15, 0.2) is 24.5 Å². The molecule has 0 aliphatic carbocycles. The molecule has 0 saturated carbocycles. The molecule has 1 saturated heterocycles. The minimum atomic E-state index is 0.540. The Balaban J connectivity index is 2.17. The van der Waals surface area contributed by atoms with E-state index in [1.165, 1.54) is 17.4 Å². The highest BCUT2D eigenvalue weighted by Crippen LogP contribution is 2.28. The van der Waals surface area contributed by atoms with Gasteiger partial charge in [0.15, 0.2) is 0 Å². The van der Waals surface area contributed by atoms with E-state index in [0.717, 1.165) is 12.2 Å². The van der Waals surface area contributed by atoms with Crippen LogP contribution in [0.2, 0.25) is 0 Å². The summed E-state index contributed by atoms with van der Waals surface area (Å²) in [5.74, 6) is 0. The van der Waals surface area contributed by atoms with E-state index >= 15 is 0 Å². The molecule has 3 nitrogen and oxygen atoms in total. The zero-order chi connectivity index (χ0) is 8.67. The molecule has 1 aliphatic rings. The van der Waals surface area contributed by atoms with E-state index in [0.29, 0.717) is 6.04 Å². The minimum absolute atomic E-state index is 0.540. The van der Waals surface area contributed by atoms with E-state index in [4.69, 9.17) is 0 Å². The maximum absolute atomic E-state index is 4.26. The first kappa shape index (κ1) is 7.09. The van der Waals surface area contributed by atoms with Crippen molar-refractivity contribution in [2.24, 2.45) is 0 Å². The first-order valence-electron chi connectivity index (χ1n) is 4.60. The fourth-order valence-corrected chi connectivity index (χ4v) is 1.82. The number of H-pyrrole nitrogens is 1. The van der Waals surface area contributed by atoms with Crippen molar-refractivity contribution in [2.45, 2.75) is 12.5 Å². The number of aromatic nitrogens is 2. The third-order valence-electron chi connectivity index (χ3n) is 2.68. The van der Waals surface area contributed by atoms with E-state index in [-0.39, 0.29) is 0 Å². The average molecular weight is 173 g/mol. The van der Waals surface area contributed by atoms with Crippen molar-refractivity contribution >= 4 is 11.0 Å². The molecule has 2 aromatic heterocycles. The summed E-state index contributed by atoms with van der Waals surface area (Å²) in [6, 6.07) is 4.64. The maximum atomic E-state index is 4.26. The molecule has 0 radical (unpaired) electrons. The Bertz CT molecular complexity index is 428. The normalized spacial score (nSPS) is 21.7. The summed E-state index contributed by atoms with van der Waals surface area (Å²) in [7, 11) is 0. The van der Waals surface area contributed by atoms with Gasteiger partial charge in [0.1, 0.15) is 5.65 Å². The Hall–Kier alpha value is -1.35. The van der Waals surface area contributed by atoms with E-state index in [1.807, 2.05) is 12.3 Å². The van der Waals surface area contributed by atoms with Crippen molar-refractivity contribution in [1.82, 2.24) is 15.3 Å². The first-order valence-corrected chi connectivity index (χ1v) is 4.60. The van der Waals surface area contributed by atoms with E-state index in [2.05, 4.69) is 27.5 Å². The maximum Gasteiger partial charge on any atom is 0.137 e. The van der Waals surface area contributed by atoms with Crippen molar-refractivity contribution in [3.05, 3.63) is 30.1 Å². The number of fused-ring (bicyclic) bond motifs is 1. The highest BCUT2D eigenvalue weighted by Gasteiger charge is 2.21. The van der Waals surface area contributed by atoms with Gasteiger partial charge in [0.2, 0.25) is 0 Å². The predicted octanol–water partition coefficient (Wildman–Crippen LogP) is 1.60. The van der Waals surface area contributed by atoms with Crippen LogP contribution in [0.25, 0.3) is 11.0 Å². The second-order valence-electron chi connectivity index (χ2n) is 3.44. The van der Waals surface area contributed by atoms with Gasteiger partial charge >= 0.3 is 0 Å². The Morgan fingerprint density at radius 2 is 2.38 bits per heavy atom. The van der Waals surface area contributed by atoms with Crippen LogP contribution in [-0.4, -0.2) is 16.5 Å². The SMILES string of the molecule is c1cnc2[nH]cc(C3CCN3)c2c1. The number of rotatable bonds is 1. The van der Waals surface area contributed by atoms with Gasteiger partial charge in [0.05, 0.1) is 0 Å². The molecule has 1 aliphatic heterocycles. The lowest BCUT2D eigenvalue weighted by Crippen LogP contribution is -2.34. The minimum Gasteiger partial charge on any atom is -0.346 e. The van der Waals surface area contributed by atoms with Gasteiger partial charge in [-0.05, 0) is 30.7 Å². The van der Waals surface area contributed by atoms with Crippen molar-refractivity contribution < 1.29 is 0 Å². The highest BCUT2D eigenvalue weighted by atomic mass is 15.0. The Morgan fingerprint density at radius 3 is 3.15 bits per heavy atom. The average Bonchev–Trinajstić information content (AvgIpc) is 2.47. The quantitative estimate of drug-likeness (QED) is 0.687. The summed E-state index contributed by atoms with van der Waals surface area (Å²) < 4.78 is 0. The van der Waals surface area contributed by atoms with E-state index in [1.54, 1.807) is 0 Å². The largest absolute Gasteiger partial charge is 0.346 e. The first-order chi connectivity index (χ1) is 6.45. The highest BCUT2D eigenvalue weighted by molar-refractivity contribution is 5.80. The number of aromatic amines is 1. The van der Waals surface area contributed by atoms with Gasteiger partial charge in [0.25, 0.3) is 0 Å². The summed E-state index contributed by atoms with van der Waals surface area (Å²) in [6.45, 7) is 1.14. The molecule has 2 N–H and O–H groups in total. The van der Waals surface area contributed by atoms with Gasteiger partial charge in [0, 0.05) is 23.8 Å². The van der Waals surface area contributed by atoms with Gasteiger partial charge in [-0.15, -0.1) is 0 Å². The molecule has 0 spiro atoms. The van der Waals surface area contributed by atoms with Crippen LogP contribution in [0.4, 0.5) is 0 Å². The zero-order valence-electron chi connectivity index (χ0n) is 7.25. The Kier molecular flexibility index (Phi) is 1.40. The third-order valence-corrected chi connectivity index (χ3v) is 2.68. The monoisotopic (exact) mass is 173 g/mol. The number of nitrogens with one attached hydrogen (secondary N) is 2. The molecule has 3 heterocycles. The molecule has 13 heavy (non-hydrogen) atoms. The molecule has 1 unspecified atom stereocenters. The van der Waals surface area contributed by atoms with Crippen molar-refractivity contribution in [2.75, 3.05) is 6.54 Å². The van der Waals surface area contributed by atoms with E-state index in [9.17, 15) is 0 Å². The van der Waals surface area contributed by atoms with Crippen LogP contribution >= 0.6 is 0 Å². The molecule has 3 heteroatoms.